The van der Waals surface area contributed by atoms with Gasteiger partial charge in [-0.25, -0.2) is 9.37 Å². The molecule has 0 aliphatic rings. The monoisotopic (exact) mass is 491 g/mol. The SMILES string of the molecule is CN=C(NCC(c1cccc(F)c1)N(C)C)N(C)Cc1csc(C)n1.I. The number of thiazole rings is 1. The number of halogens is 2. The van der Waals surface area contributed by atoms with E-state index in [1.165, 1.54) is 6.07 Å². The summed E-state index contributed by atoms with van der Waals surface area (Å²) in [4.78, 5) is 12.9. The summed E-state index contributed by atoms with van der Waals surface area (Å²) in [5, 5.41) is 6.51. The highest BCUT2D eigenvalue weighted by Crippen LogP contribution is 2.18. The van der Waals surface area contributed by atoms with E-state index in [0.717, 1.165) is 22.2 Å². The van der Waals surface area contributed by atoms with Crippen molar-refractivity contribution in [3.05, 3.63) is 51.7 Å². The molecule has 0 saturated heterocycles. The molecule has 0 spiro atoms. The molecule has 8 heteroatoms. The van der Waals surface area contributed by atoms with Crippen LogP contribution in [0.25, 0.3) is 0 Å². The van der Waals surface area contributed by atoms with Gasteiger partial charge in [0.2, 0.25) is 0 Å². The van der Waals surface area contributed by atoms with Crippen molar-refractivity contribution < 1.29 is 4.39 Å². The number of aromatic nitrogens is 1. The molecule has 1 heterocycles. The van der Waals surface area contributed by atoms with Gasteiger partial charge in [0.15, 0.2) is 5.96 Å². The molecule has 1 aromatic carbocycles. The van der Waals surface area contributed by atoms with Crippen molar-refractivity contribution in [2.75, 3.05) is 34.7 Å². The Hall–Kier alpha value is -1.26. The Bertz CT molecular complexity index is 719. The van der Waals surface area contributed by atoms with Crippen molar-refractivity contribution >= 4 is 41.3 Å². The third-order valence-corrected chi connectivity index (χ3v) is 4.77. The first-order valence-electron chi connectivity index (χ1n) is 8.15. The van der Waals surface area contributed by atoms with Crippen molar-refractivity contribution in [1.29, 1.82) is 0 Å². The molecular weight excluding hydrogens is 464 g/mol. The van der Waals surface area contributed by atoms with Crippen molar-refractivity contribution in [3.8, 4) is 0 Å². The van der Waals surface area contributed by atoms with Crippen LogP contribution in [0.3, 0.4) is 0 Å². The maximum absolute atomic E-state index is 13.6. The minimum atomic E-state index is -0.218. The van der Waals surface area contributed by atoms with Gasteiger partial charge in [0, 0.05) is 26.0 Å². The van der Waals surface area contributed by atoms with Crippen LogP contribution in [-0.4, -0.2) is 55.5 Å². The van der Waals surface area contributed by atoms with E-state index in [9.17, 15) is 4.39 Å². The number of benzene rings is 1. The average Bonchev–Trinajstić information content (AvgIpc) is 2.96. The van der Waals surface area contributed by atoms with E-state index in [1.807, 2.05) is 39.0 Å². The predicted octanol–water partition coefficient (Wildman–Crippen LogP) is 3.52. The summed E-state index contributed by atoms with van der Waals surface area (Å²) in [5.41, 5.74) is 1.97. The van der Waals surface area contributed by atoms with E-state index < -0.39 is 0 Å². The molecule has 0 radical (unpaired) electrons. The van der Waals surface area contributed by atoms with Crippen LogP contribution >= 0.6 is 35.3 Å². The summed E-state index contributed by atoms with van der Waals surface area (Å²) in [5.74, 6) is 0.568. The van der Waals surface area contributed by atoms with Crippen LogP contribution in [0.1, 0.15) is 22.3 Å². The van der Waals surface area contributed by atoms with Crippen LogP contribution in [-0.2, 0) is 6.54 Å². The van der Waals surface area contributed by atoms with Crippen molar-refractivity contribution in [2.24, 2.45) is 4.99 Å². The highest BCUT2D eigenvalue weighted by atomic mass is 127. The smallest absolute Gasteiger partial charge is 0.193 e. The summed E-state index contributed by atoms with van der Waals surface area (Å²) >= 11 is 1.65. The Labute approximate surface area is 176 Å². The molecule has 0 bridgehead atoms. The van der Waals surface area contributed by atoms with E-state index in [2.05, 4.69) is 25.6 Å². The third kappa shape index (κ3) is 6.48. The Morgan fingerprint density at radius 2 is 2.08 bits per heavy atom. The number of nitrogens with zero attached hydrogens (tertiary/aromatic N) is 4. The first kappa shape index (κ1) is 22.8. The molecule has 5 nitrogen and oxygen atoms in total. The number of likely N-dealkylation sites (N-methyl/N-ethyl adjacent to an activating group) is 1. The first-order valence-corrected chi connectivity index (χ1v) is 9.03. The minimum absolute atomic E-state index is 0. The lowest BCUT2D eigenvalue weighted by Gasteiger charge is -2.28. The molecule has 2 rings (SSSR count). The Morgan fingerprint density at radius 1 is 1.35 bits per heavy atom. The molecule has 1 N–H and O–H groups in total. The topological polar surface area (TPSA) is 43.8 Å². The van der Waals surface area contributed by atoms with Gasteiger partial charge in [0.05, 0.1) is 23.3 Å². The molecule has 1 aromatic heterocycles. The molecule has 1 unspecified atom stereocenters. The van der Waals surface area contributed by atoms with Crippen LogP contribution < -0.4 is 5.32 Å². The summed E-state index contributed by atoms with van der Waals surface area (Å²) < 4.78 is 13.6. The molecule has 2 aromatic rings. The molecule has 0 amide bonds. The zero-order chi connectivity index (χ0) is 18.4. The van der Waals surface area contributed by atoms with Gasteiger partial charge in [-0.3, -0.25) is 4.99 Å². The minimum Gasteiger partial charge on any atom is -0.354 e. The highest BCUT2D eigenvalue weighted by molar-refractivity contribution is 14.0. The predicted molar refractivity (Wildman–Crippen MR) is 118 cm³/mol. The number of rotatable bonds is 6. The van der Waals surface area contributed by atoms with Crippen molar-refractivity contribution in [2.45, 2.75) is 19.5 Å². The van der Waals surface area contributed by atoms with Crippen LogP contribution in [0.4, 0.5) is 4.39 Å². The lowest BCUT2D eigenvalue weighted by molar-refractivity contribution is 0.294. The Balaban J connectivity index is 0.00000338. The number of nitrogens with one attached hydrogen (secondary N) is 1. The van der Waals surface area contributed by atoms with Crippen LogP contribution in [0.5, 0.6) is 0 Å². The third-order valence-electron chi connectivity index (χ3n) is 3.95. The molecule has 0 aliphatic heterocycles. The second-order valence-electron chi connectivity index (χ2n) is 6.18. The number of aliphatic imine (C=N–C) groups is 1. The maximum atomic E-state index is 13.6. The lowest BCUT2D eigenvalue weighted by Crippen LogP contribution is -2.42. The molecule has 144 valence electrons. The van der Waals surface area contributed by atoms with Gasteiger partial charge in [-0.1, -0.05) is 12.1 Å². The average molecular weight is 491 g/mol. The summed E-state index contributed by atoms with van der Waals surface area (Å²) in [6.45, 7) is 3.32. The van der Waals surface area contributed by atoms with Gasteiger partial charge in [0.1, 0.15) is 5.82 Å². The first-order chi connectivity index (χ1) is 11.9. The second-order valence-corrected chi connectivity index (χ2v) is 7.24. The number of aryl methyl sites for hydroxylation is 1. The fourth-order valence-corrected chi connectivity index (χ4v) is 3.29. The van der Waals surface area contributed by atoms with E-state index in [4.69, 9.17) is 0 Å². The van der Waals surface area contributed by atoms with Gasteiger partial charge in [0.25, 0.3) is 0 Å². The van der Waals surface area contributed by atoms with E-state index >= 15 is 0 Å². The zero-order valence-corrected chi connectivity index (χ0v) is 19.0. The van der Waals surface area contributed by atoms with Crippen LogP contribution in [0.2, 0.25) is 0 Å². The van der Waals surface area contributed by atoms with Crippen molar-refractivity contribution in [3.63, 3.8) is 0 Å². The molecule has 0 fully saturated rings. The summed E-state index contributed by atoms with van der Waals surface area (Å²) in [6, 6.07) is 6.78. The van der Waals surface area contributed by atoms with Crippen molar-refractivity contribution in [1.82, 2.24) is 20.1 Å². The van der Waals surface area contributed by atoms with Gasteiger partial charge >= 0.3 is 0 Å². The number of hydrogen-bond donors (Lipinski definition) is 1. The van der Waals surface area contributed by atoms with Crippen LogP contribution in [0.15, 0.2) is 34.6 Å². The van der Waals surface area contributed by atoms with Gasteiger partial charge in [-0.2, -0.15) is 0 Å². The number of hydrogen-bond acceptors (Lipinski definition) is 4. The fraction of sp³-hybridized carbons (Fsp3) is 0.444. The molecule has 0 saturated carbocycles. The lowest BCUT2D eigenvalue weighted by atomic mass is 10.1. The quantitative estimate of drug-likeness (QED) is 0.382. The largest absolute Gasteiger partial charge is 0.354 e. The highest BCUT2D eigenvalue weighted by Gasteiger charge is 2.17. The number of guanidine groups is 1. The van der Waals surface area contributed by atoms with Gasteiger partial charge in [-0.15, -0.1) is 35.3 Å². The molecular formula is C18H27FIN5S. The second kappa shape index (κ2) is 10.8. The summed E-state index contributed by atoms with van der Waals surface area (Å²) in [6.07, 6.45) is 0. The summed E-state index contributed by atoms with van der Waals surface area (Å²) in [7, 11) is 7.72. The van der Waals surface area contributed by atoms with Crippen LogP contribution in [0, 0.1) is 12.7 Å². The van der Waals surface area contributed by atoms with E-state index in [-0.39, 0.29) is 35.8 Å². The van der Waals surface area contributed by atoms with E-state index in [1.54, 1.807) is 30.5 Å². The standard InChI is InChI=1S/C18H26FN5S.HI/c1-13-22-16(12-25-13)11-24(5)18(20-2)21-10-17(23(3)4)14-7-6-8-15(19)9-14;/h6-9,12,17H,10-11H2,1-5H3,(H,20,21);1H. The van der Waals surface area contributed by atoms with E-state index in [0.29, 0.717) is 13.1 Å². The molecule has 26 heavy (non-hydrogen) atoms. The van der Waals surface area contributed by atoms with Gasteiger partial charge < -0.3 is 15.1 Å². The molecule has 0 aliphatic carbocycles. The normalized spacial score (nSPS) is 12.7. The Morgan fingerprint density at radius 3 is 2.62 bits per heavy atom. The van der Waals surface area contributed by atoms with Gasteiger partial charge in [-0.05, 0) is 38.7 Å². The Kier molecular flexibility index (Phi) is 9.45. The molecule has 1 atom stereocenters. The maximum Gasteiger partial charge on any atom is 0.193 e. The zero-order valence-electron chi connectivity index (χ0n) is 15.9. The fourth-order valence-electron chi connectivity index (χ4n) is 2.68.